The lowest BCUT2D eigenvalue weighted by molar-refractivity contribution is -0.489. The lowest BCUT2D eigenvalue weighted by Gasteiger charge is -2.14. The van der Waals surface area contributed by atoms with Crippen LogP contribution >= 0.6 is 0 Å². The van der Waals surface area contributed by atoms with E-state index in [2.05, 4.69) is 0 Å². The number of rotatable bonds is 6. The second-order valence-corrected chi connectivity index (χ2v) is 4.70. The van der Waals surface area contributed by atoms with Gasteiger partial charge in [-0.15, -0.1) is 0 Å². The van der Waals surface area contributed by atoms with E-state index in [1.807, 2.05) is 0 Å². The number of hydrogen-bond acceptors (Lipinski definition) is 3. The first-order valence-electron chi connectivity index (χ1n) is 5.96. The van der Waals surface area contributed by atoms with Crippen molar-refractivity contribution < 1.29 is 22.9 Å². The van der Waals surface area contributed by atoms with Crippen molar-refractivity contribution in [3.05, 3.63) is 45.5 Å². The summed E-state index contributed by atoms with van der Waals surface area (Å²) in [6.45, 7) is 0.887. The lowest BCUT2D eigenvalue weighted by atomic mass is 9.94. The van der Waals surface area contributed by atoms with Gasteiger partial charge in [-0.25, -0.2) is 0 Å². The van der Waals surface area contributed by atoms with Crippen molar-refractivity contribution in [1.82, 2.24) is 0 Å². The summed E-state index contributed by atoms with van der Waals surface area (Å²) in [5.41, 5.74) is 1.08. The molecule has 1 atom stereocenters. The maximum atomic E-state index is 12.3. The molecule has 0 N–H and O–H groups in total. The third-order valence-corrected chi connectivity index (χ3v) is 2.74. The molecule has 110 valence electrons. The van der Waals surface area contributed by atoms with Crippen LogP contribution in [0.15, 0.2) is 24.3 Å². The first-order chi connectivity index (χ1) is 9.17. The predicted octanol–water partition coefficient (Wildman–Crippen LogP) is 3.41. The van der Waals surface area contributed by atoms with E-state index in [-0.39, 0.29) is 5.56 Å². The normalized spacial score (nSPS) is 13.0. The van der Waals surface area contributed by atoms with E-state index in [1.165, 1.54) is 6.07 Å². The zero-order chi connectivity index (χ0) is 15.3. The Morgan fingerprint density at radius 1 is 1.40 bits per heavy atom. The van der Waals surface area contributed by atoms with Crippen LogP contribution in [0.5, 0.6) is 0 Å². The molecule has 0 aliphatic rings. The Hall–Kier alpha value is -1.92. The Morgan fingerprint density at radius 2 is 2.05 bits per heavy atom. The van der Waals surface area contributed by atoms with E-state index >= 15 is 0 Å². The molecule has 0 spiro atoms. The maximum Gasteiger partial charge on any atom is 0.389 e. The van der Waals surface area contributed by atoms with Crippen molar-refractivity contribution in [3.63, 3.8) is 0 Å². The van der Waals surface area contributed by atoms with Gasteiger partial charge in [0.25, 0.3) is 0 Å². The molecule has 20 heavy (non-hydrogen) atoms. The Kier molecular flexibility index (Phi) is 5.24. The van der Waals surface area contributed by atoms with Gasteiger partial charge in [-0.3, -0.25) is 14.9 Å². The summed E-state index contributed by atoms with van der Waals surface area (Å²) in [6, 6.07) is 6.42. The van der Waals surface area contributed by atoms with E-state index in [0.717, 1.165) is 5.56 Å². The van der Waals surface area contributed by atoms with Gasteiger partial charge in [0.05, 0.1) is 6.42 Å². The molecule has 1 aromatic carbocycles. The van der Waals surface area contributed by atoms with Gasteiger partial charge >= 0.3 is 6.18 Å². The Labute approximate surface area is 113 Å². The number of halogens is 3. The summed E-state index contributed by atoms with van der Waals surface area (Å²) in [6.07, 6.45) is -6.33. The number of hydrogen-bond donors (Lipinski definition) is 0. The summed E-state index contributed by atoms with van der Waals surface area (Å²) in [5.74, 6) is -1.84. The zero-order valence-electron chi connectivity index (χ0n) is 10.8. The minimum atomic E-state index is -4.52. The highest BCUT2D eigenvalue weighted by Crippen LogP contribution is 2.27. The number of benzene rings is 1. The van der Waals surface area contributed by atoms with Crippen LogP contribution in [0, 0.1) is 23.0 Å². The fourth-order valence-electron chi connectivity index (χ4n) is 1.94. The SMILES string of the molecule is Cc1cccc(C(=O)CC(C[N+](=O)[O-])CC(F)(F)F)c1. The number of aryl methyl sites for hydroxylation is 1. The minimum Gasteiger partial charge on any atom is -0.294 e. The molecule has 0 saturated carbocycles. The second-order valence-electron chi connectivity index (χ2n) is 4.70. The Bertz CT molecular complexity index is 500. The maximum absolute atomic E-state index is 12.3. The Morgan fingerprint density at radius 3 is 2.55 bits per heavy atom. The predicted molar refractivity (Wildman–Crippen MR) is 66.1 cm³/mol. The molecule has 1 aromatic rings. The van der Waals surface area contributed by atoms with Crippen molar-refractivity contribution >= 4 is 5.78 Å². The summed E-state index contributed by atoms with van der Waals surface area (Å²) in [7, 11) is 0. The molecule has 0 fully saturated rings. The zero-order valence-corrected chi connectivity index (χ0v) is 10.8. The highest BCUT2D eigenvalue weighted by molar-refractivity contribution is 5.96. The highest BCUT2D eigenvalue weighted by Gasteiger charge is 2.35. The molecule has 4 nitrogen and oxygen atoms in total. The number of ketones is 1. The molecule has 0 aliphatic heterocycles. The average molecular weight is 289 g/mol. The number of alkyl halides is 3. The van der Waals surface area contributed by atoms with Crippen molar-refractivity contribution in [2.75, 3.05) is 6.54 Å². The monoisotopic (exact) mass is 289 g/mol. The van der Waals surface area contributed by atoms with Crippen molar-refractivity contribution in [1.29, 1.82) is 0 Å². The molecule has 0 bridgehead atoms. The van der Waals surface area contributed by atoms with Crippen LogP contribution in [-0.2, 0) is 0 Å². The summed E-state index contributed by atoms with van der Waals surface area (Å²) in [4.78, 5) is 21.5. The molecule has 0 amide bonds. The Balaban J connectivity index is 2.78. The van der Waals surface area contributed by atoms with Gasteiger partial charge in [-0.1, -0.05) is 23.8 Å². The van der Waals surface area contributed by atoms with Crippen molar-refractivity contribution in [3.8, 4) is 0 Å². The van der Waals surface area contributed by atoms with Gasteiger partial charge in [0, 0.05) is 22.8 Å². The van der Waals surface area contributed by atoms with Crippen LogP contribution in [0.25, 0.3) is 0 Å². The molecular weight excluding hydrogens is 275 g/mol. The van der Waals surface area contributed by atoms with Gasteiger partial charge in [0.1, 0.15) is 0 Å². The molecule has 0 aromatic heterocycles. The molecule has 1 rings (SSSR count). The van der Waals surface area contributed by atoms with Crippen LogP contribution in [-0.4, -0.2) is 23.4 Å². The van der Waals surface area contributed by atoms with E-state index in [0.29, 0.717) is 0 Å². The molecular formula is C13H14F3NO3. The van der Waals surface area contributed by atoms with Gasteiger partial charge in [0.15, 0.2) is 5.78 Å². The third-order valence-electron chi connectivity index (χ3n) is 2.74. The lowest BCUT2D eigenvalue weighted by Crippen LogP contribution is -2.24. The standard InChI is InChI=1S/C13H14F3NO3/c1-9-3-2-4-11(5-9)12(18)6-10(8-17(19)20)7-13(14,15)16/h2-5,10H,6-8H2,1H3. The van der Waals surface area contributed by atoms with Gasteiger partial charge in [-0.05, 0) is 13.0 Å². The van der Waals surface area contributed by atoms with E-state index < -0.39 is 42.2 Å². The van der Waals surface area contributed by atoms with E-state index in [1.54, 1.807) is 25.1 Å². The van der Waals surface area contributed by atoms with E-state index in [4.69, 9.17) is 0 Å². The quantitative estimate of drug-likeness (QED) is 0.458. The van der Waals surface area contributed by atoms with E-state index in [9.17, 15) is 28.1 Å². The molecule has 0 aliphatic carbocycles. The largest absolute Gasteiger partial charge is 0.389 e. The highest BCUT2D eigenvalue weighted by atomic mass is 19.4. The average Bonchev–Trinajstić information content (AvgIpc) is 2.25. The molecule has 0 radical (unpaired) electrons. The van der Waals surface area contributed by atoms with Crippen LogP contribution in [0.1, 0.15) is 28.8 Å². The van der Waals surface area contributed by atoms with Crippen molar-refractivity contribution in [2.24, 2.45) is 5.92 Å². The van der Waals surface area contributed by atoms with Gasteiger partial charge in [-0.2, -0.15) is 13.2 Å². The molecule has 7 heteroatoms. The number of nitrogens with zero attached hydrogens (tertiary/aromatic N) is 1. The third kappa shape index (κ3) is 5.81. The smallest absolute Gasteiger partial charge is 0.294 e. The van der Waals surface area contributed by atoms with Crippen LogP contribution in [0.2, 0.25) is 0 Å². The molecule has 0 heterocycles. The summed E-state index contributed by atoms with van der Waals surface area (Å²) in [5, 5.41) is 10.4. The molecule has 0 saturated heterocycles. The summed E-state index contributed by atoms with van der Waals surface area (Å²) < 4.78 is 37.0. The number of nitro groups is 1. The summed E-state index contributed by atoms with van der Waals surface area (Å²) >= 11 is 0. The topological polar surface area (TPSA) is 60.2 Å². The van der Waals surface area contributed by atoms with Gasteiger partial charge in [0.2, 0.25) is 6.54 Å². The number of Topliss-reactive ketones (excluding diaryl/α,β-unsaturated/α-hetero) is 1. The minimum absolute atomic E-state index is 0.278. The number of carbonyl (C=O) groups is 1. The number of carbonyl (C=O) groups excluding carboxylic acids is 1. The van der Waals surface area contributed by atoms with Crippen LogP contribution in [0.4, 0.5) is 13.2 Å². The van der Waals surface area contributed by atoms with Gasteiger partial charge < -0.3 is 0 Å². The first-order valence-corrected chi connectivity index (χ1v) is 5.96. The van der Waals surface area contributed by atoms with Crippen LogP contribution in [0.3, 0.4) is 0 Å². The first kappa shape index (κ1) is 16.1. The second kappa shape index (κ2) is 6.49. The van der Waals surface area contributed by atoms with Crippen LogP contribution < -0.4 is 0 Å². The fraction of sp³-hybridized carbons (Fsp3) is 0.462. The fourth-order valence-corrected chi connectivity index (χ4v) is 1.94. The van der Waals surface area contributed by atoms with Crippen molar-refractivity contribution in [2.45, 2.75) is 25.9 Å². The molecule has 1 unspecified atom stereocenters.